The summed E-state index contributed by atoms with van der Waals surface area (Å²) in [5.41, 5.74) is 0. The van der Waals surface area contributed by atoms with Gasteiger partial charge in [0.1, 0.15) is 0 Å². The molecule has 0 bridgehead atoms. The monoisotopic (exact) mass is 222 g/mol. The van der Waals surface area contributed by atoms with E-state index in [-0.39, 0.29) is 0 Å². The number of hydrogen-bond donors (Lipinski definition) is 0. The molecule has 0 aromatic rings. The van der Waals surface area contributed by atoms with Gasteiger partial charge in [-0.25, -0.2) is 0 Å². The van der Waals surface area contributed by atoms with Crippen molar-refractivity contribution in [2.75, 3.05) is 0 Å². The minimum absolute atomic E-state index is 2.00. The molecule has 0 atom stereocenters. The van der Waals surface area contributed by atoms with Crippen molar-refractivity contribution >= 4 is 9.19 Å². The van der Waals surface area contributed by atoms with E-state index < -0.39 is 19.1 Å². The summed E-state index contributed by atoms with van der Waals surface area (Å²) in [6.45, 7) is 0. The number of hydrogen-bond acceptors (Lipinski definition) is 2. The van der Waals surface area contributed by atoms with E-state index in [1.54, 1.807) is 0 Å². The van der Waals surface area contributed by atoms with Crippen LogP contribution >= 0.6 is 9.19 Å². The topological polar surface area (TPSA) is 34.1 Å². The molecule has 5 heavy (non-hydrogen) atoms. The molecule has 0 unspecified atom stereocenters. The summed E-state index contributed by atoms with van der Waals surface area (Å²) in [5.74, 6) is 0. The van der Waals surface area contributed by atoms with Crippen LogP contribution in [0.3, 0.4) is 0 Å². The number of rotatable bonds is 0. The Morgan fingerprint density at radius 1 is 1.40 bits per heavy atom. The van der Waals surface area contributed by atoms with Crippen LogP contribution in [0.15, 0.2) is 0 Å². The van der Waals surface area contributed by atoms with Crippen LogP contribution in [-0.2, 0) is 45.7 Å². The van der Waals surface area contributed by atoms with Gasteiger partial charge in [-0.2, -0.15) is 0 Å². The molecule has 0 aromatic heterocycles. The predicted molar refractivity (Wildman–Crippen MR) is 7.23 cm³/mol. The molecule has 2 nitrogen and oxygen atoms in total. The molecule has 0 N–H and O–H groups in total. The van der Waals surface area contributed by atoms with Gasteiger partial charge in [0.15, 0.2) is 0 Å². The molecule has 0 rings (SSSR count). The molecule has 0 spiro atoms. The summed E-state index contributed by atoms with van der Waals surface area (Å²) in [7, 11) is 4.45. The van der Waals surface area contributed by atoms with Crippen LogP contribution in [0.2, 0.25) is 0 Å². The van der Waals surface area contributed by atoms with Gasteiger partial charge >= 0.3 is 54.9 Å². The molecule has 0 aliphatic rings. The SMILES string of the molecule is [Cl][Ag].[O]=[Ti]=[O]. The van der Waals surface area contributed by atoms with Crippen LogP contribution < -0.4 is 0 Å². The summed E-state index contributed by atoms with van der Waals surface area (Å²) in [5, 5.41) is 0. The molecule has 0 aromatic carbocycles. The second-order valence-electron chi connectivity index (χ2n) is 0.0833. The normalized spacial score (nSPS) is 3.00. The van der Waals surface area contributed by atoms with Crippen LogP contribution in [-0.4, -0.2) is 0 Å². The first-order chi connectivity index (χ1) is 2.41. The van der Waals surface area contributed by atoms with Crippen molar-refractivity contribution in [2.45, 2.75) is 0 Å². The first kappa shape index (κ1) is 9.60. The quantitative estimate of drug-likeness (QED) is 0.559. The average molecular weight is 223 g/mol. The summed E-state index contributed by atoms with van der Waals surface area (Å²) in [4.78, 5) is 0. The van der Waals surface area contributed by atoms with E-state index in [1.165, 1.54) is 0 Å². The molecule has 0 amide bonds. The van der Waals surface area contributed by atoms with Crippen molar-refractivity contribution in [3.05, 3.63) is 0 Å². The molecule has 0 aliphatic carbocycles. The van der Waals surface area contributed by atoms with E-state index in [2.05, 4.69) is 29.2 Å². The van der Waals surface area contributed by atoms with E-state index in [4.69, 9.17) is 6.65 Å². The summed E-state index contributed by atoms with van der Waals surface area (Å²) in [6.07, 6.45) is 0. The Hall–Kier alpha value is 1.34. The molecule has 0 saturated heterocycles. The first-order valence-electron chi connectivity index (χ1n) is 0.522. The molecule has 0 aliphatic heterocycles. The van der Waals surface area contributed by atoms with E-state index in [9.17, 15) is 0 Å². The standard InChI is InChI=1S/Ag.ClH.2O.Ti/h;1H;;;/q+1;;;;/p-1. The van der Waals surface area contributed by atoms with Crippen molar-refractivity contribution < 1.29 is 45.7 Å². The van der Waals surface area contributed by atoms with Crippen LogP contribution in [0.25, 0.3) is 0 Å². The molecule has 34 valence electrons. The molecular formula is AgClO2Ti. The Labute approximate surface area is 54.6 Å². The van der Waals surface area contributed by atoms with Gasteiger partial charge in [0.05, 0.1) is 0 Å². The van der Waals surface area contributed by atoms with E-state index in [0.717, 1.165) is 0 Å². The van der Waals surface area contributed by atoms with Gasteiger partial charge < -0.3 is 0 Å². The fourth-order valence-corrected chi connectivity index (χ4v) is 0. The molecule has 0 heterocycles. The molecular weight excluding hydrogens is 223 g/mol. The summed E-state index contributed by atoms with van der Waals surface area (Å²) >= 11 is 0.422. The van der Waals surface area contributed by atoms with E-state index in [1.807, 2.05) is 0 Å². The zero-order valence-corrected chi connectivity index (χ0v) is 5.80. The van der Waals surface area contributed by atoms with Gasteiger partial charge in [-0.05, 0) is 0 Å². The Morgan fingerprint density at radius 3 is 1.40 bits per heavy atom. The summed E-state index contributed by atoms with van der Waals surface area (Å²) < 4.78 is 17.0. The Bertz CT molecular complexity index is 30.6. The third kappa shape index (κ3) is 33.1. The fraction of sp³-hybridized carbons (Fsp3) is 0. The third-order valence-corrected chi connectivity index (χ3v) is 0. The first-order valence-corrected chi connectivity index (χ1v) is 3.71. The second-order valence-corrected chi connectivity index (χ2v) is 0.344. The summed E-state index contributed by atoms with van der Waals surface area (Å²) in [6, 6.07) is 0. The zero-order valence-electron chi connectivity index (χ0n) is 2.00. The number of halogens is 1. The Morgan fingerprint density at radius 2 is 1.40 bits per heavy atom. The fourth-order valence-electron chi connectivity index (χ4n) is 0. The van der Waals surface area contributed by atoms with Crippen molar-refractivity contribution in [1.29, 1.82) is 0 Å². The van der Waals surface area contributed by atoms with Gasteiger partial charge in [-0.1, -0.05) is 0 Å². The van der Waals surface area contributed by atoms with Crippen LogP contribution in [0.5, 0.6) is 0 Å². The van der Waals surface area contributed by atoms with Crippen LogP contribution in [0.4, 0.5) is 0 Å². The van der Waals surface area contributed by atoms with Gasteiger partial charge in [0, 0.05) is 0 Å². The molecule has 5 heteroatoms. The van der Waals surface area contributed by atoms with E-state index >= 15 is 0 Å². The zero-order chi connectivity index (χ0) is 4.71. The Balaban J connectivity index is 0. The minimum atomic E-state index is -2.00. The maximum absolute atomic E-state index is 8.50. The van der Waals surface area contributed by atoms with E-state index in [0.29, 0.717) is 0 Å². The molecule has 0 saturated carbocycles. The van der Waals surface area contributed by atoms with Crippen molar-refractivity contribution in [3.63, 3.8) is 0 Å². The van der Waals surface area contributed by atoms with Crippen molar-refractivity contribution in [2.24, 2.45) is 0 Å². The molecule has 0 fully saturated rings. The van der Waals surface area contributed by atoms with Gasteiger partial charge in [-0.3, -0.25) is 0 Å². The van der Waals surface area contributed by atoms with Gasteiger partial charge in [0.25, 0.3) is 0 Å². The van der Waals surface area contributed by atoms with Crippen LogP contribution in [0, 0.1) is 0 Å². The molecule has 0 radical (unpaired) electrons. The average Bonchev–Trinajstić information content (AvgIpc) is 1.46. The van der Waals surface area contributed by atoms with Crippen molar-refractivity contribution in [1.82, 2.24) is 0 Å². The van der Waals surface area contributed by atoms with Crippen LogP contribution in [0.1, 0.15) is 0 Å². The predicted octanol–water partition coefficient (Wildman–Crippen LogP) is 0.447. The maximum atomic E-state index is 8.50. The van der Waals surface area contributed by atoms with Gasteiger partial charge in [0.2, 0.25) is 0 Å². The van der Waals surface area contributed by atoms with Crippen molar-refractivity contribution in [3.8, 4) is 0 Å². The third-order valence-electron chi connectivity index (χ3n) is 0. The second kappa shape index (κ2) is 18.4. The van der Waals surface area contributed by atoms with Gasteiger partial charge in [-0.15, -0.1) is 0 Å². The Kier molecular flexibility index (Phi) is 35.2.